The van der Waals surface area contributed by atoms with Crippen LogP contribution in [0.2, 0.25) is 0 Å². The maximum absolute atomic E-state index is 7.03. The maximum Gasteiger partial charge on any atom is 0.164 e. The van der Waals surface area contributed by atoms with E-state index in [9.17, 15) is 0 Å². The van der Waals surface area contributed by atoms with Crippen LogP contribution >= 0.6 is 0 Å². The number of rotatable bonds is 4. The zero-order valence-electron chi connectivity index (χ0n) is 32.8. The minimum Gasteiger partial charge on any atom is -0.455 e. The van der Waals surface area contributed by atoms with E-state index in [0.717, 1.165) is 71.3 Å². The number of fused-ring (bicyclic) bond motifs is 12. The van der Waals surface area contributed by atoms with Crippen molar-refractivity contribution in [1.82, 2.24) is 15.0 Å². The van der Waals surface area contributed by atoms with Crippen LogP contribution in [0.25, 0.3) is 132 Å². The Hall–Kier alpha value is -8.21. The topological polar surface area (TPSA) is 51.8 Å². The first kappa shape index (κ1) is 33.7. The summed E-state index contributed by atoms with van der Waals surface area (Å²) in [5.74, 6) is 1.82. The molecule has 61 heavy (non-hydrogen) atoms. The zero-order chi connectivity index (χ0) is 40.0. The molecule has 4 nitrogen and oxygen atoms in total. The third kappa shape index (κ3) is 5.29. The van der Waals surface area contributed by atoms with E-state index >= 15 is 0 Å². The molecule has 0 amide bonds. The number of hydrogen-bond acceptors (Lipinski definition) is 4. The monoisotopic (exact) mass is 775 g/mol. The standard InChI is InChI=1S/C57H33N3O/c1-3-14-36-30-40(26-24-34(36)12-1)55-58-56(41-27-25-35-13-2-4-15-37(35)31-41)60-57(59-55)48-22-11-23-51-53(48)50-32-38-16-5-6-17-42(38)52(54(50)61-51)39-28-29-47-45-20-8-7-18-43(45)44-19-9-10-21-46(44)49(47)33-39/h1-33H. The molecule has 0 atom stereocenters. The highest BCUT2D eigenvalue weighted by Gasteiger charge is 2.22. The van der Waals surface area contributed by atoms with Crippen LogP contribution in [0.1, 0.15) is 0 Å². The molecule has 2 aromatic heterocycles. The molecule has 0 fully saturated rings. The Morgan fingerprint density at radius 3 is 1.41 bits per heavy atom. The van der Waals surface area contributed by atoms with Gasteiger partial charge in [-0.2, -0.15) is 0 Å². The number of furan rings is 1. The van der Waals surface area contributed by atoms with Crippen molar-refractivity contribution in [2.24, 2.45) is 0 Å². The summed E-state index contributed by atoms with van der Waals surface area (Å²) in [5.41, 5.74) is 6.54. The van der Waals surface area contributed by atoms with Gasteiger partial charge < -0.3 is 4.42 Å². The molecule has 0 bridgehead atoms. The van der Waals surface area contributed by atoms with Gasteiger partial charge in [-0.1, -0.05) is 170 Å². The first-order valence-corrected chi connectivity index (χ1v) is 20.7. The van der Waals surface area contributed by atoms with Gasteiger partial charge in [0, 0.05) is 33.0 Å². The summed E-state index contributed by atoms with van der Waals surface area (Å²) >= 11 is 0. The van der Waals surface area contributed by atoms with Crippen molar-refractivity contribution in [3.8, 4) is 45.3 Å². The van der Waals surface area contributed by atoms with E-state index in [1.54, 1.807) is 0 Å². The van der Waals surface area contributed by atoms with E-state index in [-0.39, 0.29) is 0 Å². The third-order valence-electron chi connectivity index (χ3n) is 12.4. The molecule has 0 aliphatic heterocycles. The number of aromatic nitrogens is 3. The Bertz CT molecular complexity index is 3820. The maximum atomic E-state index is 7.03. The fourth-order valence-electron chi connectivity index (χ4n) is 9.57. The Balaban J connectivity index is 1.08. The van der Waals surface area contributed by atoms with Crippen molar-refractivity contribution >= 4 is 86.6 Å². The Morgan fingerprint density at radius 2 is 0.787 bits per heavy atom. The van der Waals surface area contributed by atoms with E-state index in [4.69, 9.17) is 19.4 Å². The van der Waals surface area contributed by atoms with E-state index in [0.29, 0.717) is 17.5 Å². The first-order valence-electron chi connectivity index (χ1n) is 20.7. The number of hydrogen-bond donors (Lipinski definition) is 0. The van der Waals surface area contributed by atoms with E-state index in [2.05, 4.69) is 194 Å². The SMILES string of the molecule is c1ccc2cc(-c3nc(-c4ccc5ccccc5c4)nc(-c4cccc5oc6c(-c7ccc8c9ccccc9c9ccccc9c8c7)c7ccccc7cc6c45)n3)ccc2c1. The predicted octanol–water partition coefficient (Wildman–Crippen LogP) is 15.4. The lowest BCUT2D eigenvalue weighted by atomic mass is 9.90. The second-order valence-electron chi connectivity index (χ2n) is 15.9. The van der Waals surface area contributed by atoms with Gasteiger partial charge in [-0.3, -0.25) is 0 Å². The second kappa shape index (κ2) is 13.2. The fourth-order valence-corrected chi connectivity index (χ4v) is 9.57. The van der Waals surface area contributed by atoms with E-state index in [1.165, 1.54) is 43.1 Å². The quantitative estimate of drug-likeness (QED) is 0.167. The molecule has 0 radical (unpaired) electrons. The summed E-state index contributed by atoms with van der Waals surface area (Å²) in [6.07, 6.45) is 0. The molecule has 0 saturated heterocycles. The van der Waals surface area contributed by atoms with Crippen molar-refractivity contribution in [2.75, 3.05) is 0 Å². The van der Waals surface area contributed by atoms with Crippen LogP contribution in [0.4, 0.5) is 0 Å². The zero-order valence-corrected chi connectivity index (χ0v) is 32.8. The van der Waals surface area contributed by atoms with Crippen LogP contribution in [0.5, 0.6) is 0 Å². The van der Waals surface area contributed by atoms with Gasteiger partial charge in [0.15, 0.2) is 17.5 Å². The van der Waals surface area contributed by atoms with Crippen molar-refractivity contribution in [2.45, 2.75) is 0 Å². The second-order valence-corrected chi connectivity index (χ2v) is 15.9. The highest BCUT2D eigenvalue weighted by molar-refractivity contribution is 6.27. The molecule has 0 N–H and O–H groups in total. The lowest BCUT2D eigenvalue weighted by molar-refractivity contribution is 0.670. The molecule has 4 heteroatoms. The van der Waals surface area contributed by atoms with Crippen LogP contribution in [-0.4, -0.2) is 15.0 Å². The van der Waals surface area contributed by atoms with Gasteiger partial charge in [0.25, 0.3) is 0 Å². The van der Waals surface area contributed by atoms with Crippen molar-refractivity contribution < 1.29 is 4.42 Å². The summed E-state index contributed by atoms with van der Waals surface area (Å²) < 4.78 is 7.03. The van der Waals surface area contributed by atoms with Gasteiger partial charge in [-0.05, 0) is 101 Å². The van der Waals surface area contributed by atoms with Gasteiger partial charge in [-0.25, -0.2) is 15.0 Å². The lowest BCUT2D eigenvalue weighted by Gasteiger charge is -2.13. The minimum absolute atomic E-state index is 0.591. The molecule has 13 aromatic rings. The molecule has 282 valence electrons. The molecular weight excluding hydrogens is 743 g/mol. The Labute approximate surface area is 350 Å². The Morgan fingerprint density at radius 1 is 0.295 bits per heavy atom. The van der Waals surface area contributed by atoms with Crippen molar-refractivity contribution in [3.05, 3.63) is 200 Å². The minimum atomic E-state index is 0.591. The average Bonchev–Trinajstić information content (AvgIpc) is 3.71. The molecular formula is C57H33N3O. The van der Waals surface area contributed by atoms with Gasteiger partial charge in [0.2, 0.25) is 0 Å². The van der Waals surface area contributed by atoms with Gasteiger partial charge >= 0.3 is 0 Å². The molecule has 13 rings (SSSR count). The summed E-state index contributed by atoms with van der Waals surface area (Å²) in [6, 6.07) is 71.1. The molecule has 0 aliphatic rings. The van der Waals surface area contributed by atoms with Crippen molar-refractivity contribution in [1.29, 1.82) is 0 Å². The van der Waals surface area contributed by atoms with Crippen LogP contribution in [0, 0.1) is 0 Å². The van der Waals surface area contributed by atoms with E-state index in [1.807, 2.05) is 6.07 Å². The molecule has 0 spiro atoms. The molecule has 2 heterocycles. The summed E-state index contributed by atoms with van der Waals surface area (Å²) in [6.45, 7) is 0. The number of nitrogens with zero attached hydrogens (tertiary/aromatic N) is 3. The lowest BCUT2D eigenvalue weighted by Crippen LogP contribution is -2.00. The normalized spacial score (nSPS) is 11.9. The Kier molecular flexibility index (Phi) is 7.27. The fraction of sp³-hybridized carbons (Fsp3) is 0. The van der Waals surface area contributed by atoms with Crippen molar-refractivity contribution in [3.63, 3.8) is 0 Å². The highest BCUT2D eigenvalue weighted by Crippen LogP contribution is 2.46. The van der Waals surface area contributed by atoms with Crippen LogP contribution < -0.4 is 0 Å². The third-order valence-corrected chi connectivity index (χ3v) is 12.4. The van der Waals surface area contributed by atoms with E-state index < -0.39 is 0 Å². The number of benzene rings is 11. The predicted molar refractivity (Wildman–Crippen MR) is 254 cm³/mol. The first-order chi connectivity index (χ1) is 30.2. The summed E-state index contributed by atoms with van der Waals surface area (Å²) in [5, 5.41) is 16.3. The van der Waals surface area contributed by atoms with Gasteiger partial charge in [0.05, 0.1) is 0 Å². The molecule has 11 aromatic carbocycles. The highest BCUT2D eigenvalue weighted by atomic mass is 16.3. The van der Waals surface area contributed by atoms with Gasteiger partial charge in [0.1, 0.15) is 11.2 Å². The van der Waals surface area contributed by atoms with Gasteiger partial charge in [-0.15, -0.1) is 0 Å². The summed E-state index contributed by atoms with van der Waals surface area (Å²) in [7, 11) is 0. The van der Waals surface area contributed by atoms with Crippen LogP contribution in [0.3, 0.4) is 0 Å². The molecule has 0 unspecified atom stereocenters. The van der Waals surface area contributed by atoms with Crippen LogP contribution in [-0.2, 0) is 0 Å². The van der Waals surface area contributed by atoms with Crippen LogP contribution in [0.15, 0.2) is 205 Å². The molecule has 0 aliphatic carbocycles. The summed E-state index contributed by atoms with van der Waals surface area (Å²) in [4.78, 5) is 15.7. The average molecular weight is 776 g/mol. The largest absolute Gasteiger partial charge is 0.455 e. The smallest absolute Gasteiger partial charge is 0.164 e. The molecule has 0 saturated carbocycles.